The number of carboxylic acids is 1. The molecule has 1 aromatic heterocycles. The van der Waals surface area contributed by atoms with Gasteiger partial charge in [0.15, 0.2) is 0 Å². The number of rotatable bonds is 4. The molecule has 1 aliphatic rings. The lowest BCUT2D eigenvalue weighted by Gasteiger charge is -2.39. The van der Waals surface area contributed by atoms with Gasteiger partial charge in [-0.1, -0.05) is 0 Å². The number of nitrogens with one attached hydrogen (secondary N) is 1. The molecule has 0 amide bonds. The largest absolute Gasteiger partial charge is 0.480 e. The number of carbonyl (C=O) groups is 1. The standard InChI is InChI=1S/C14H24N4O2/c1-9(2)16-14(13(19)20)7-5-6-12(8-14)18-11(4)15-10(3)17-18/h9,12,16H,5-8H2,1-4H3,(H,19,20). The molecule has 112 valence electrons. The molecule has 2 rings (SSSR count). The Balaban J connectivity index is 2.26. The summed E-state index contributed by atoms with van der Waals surface area (Å²) in [5, 5.41) is 17.4. The van der Waals surface area contributed by atoms with Gasteiger partial charge < -0.3 is 5.11 Å². The van der Waals surface area contributed by atoms with Gasteiger partial charge in [0, 0.05) is 6.04 Å². The summed E-state index contributed by atoms with van der Waals surface area (Å²) in [5.41, 5.74) is -0.844. The number of aryl methyl sites for hydroxylation is 2. The van der Waals surface area contributed by atoms with E-state index in [9.17, 15) is 9.90 Å². The normalized spacial score (nSPS) is 26.9. The number of nitrogens with zero attached hydrogens (tertiary/aromatic N) is 3. The van der Waals surface area contributed by atoms with Crippen LogP contribution in [0.15, 0.2) is 0 Å². The van der Waals surface area contributed by atoms with Crippen LogP contribution in [-0.2, 0) is 4.79 Å². The lowest BCUT2D eigenvalue weighted by molar-refractivity contribution is -0.147. The van der Waals surface area contributed by atoms with E-state index >= 15 is 0 Å². The van der Waals surface area contributed by atoms with E-state index in [0.29, 0.717) is 12.8 Å². The average molecular weight is 280 g/mol. The van der Waals surface area contributed by atoms with Gasteiger partial charge in [-0.2, -0.15) is 5.10 Å². The molecule has 6 nitrogen and oxygen atoms in total. The fourth-order valence-corrected chi connectivity index (χ4v) is 3.28. The summed E-state index contributed by atoms with van der Waals surface area (Å²) in [7, 11) is 0. The van der Waals surface area contributed by atoms with Crippen molar-refractivity contribution in [2.75, 3.05) is 0 Å². The van der Waals surface area contributed by atoms with E-state index in [1.165, 1.54) is 0 Å². The zero-order valence-electron chi connectivity index (χ0n) is 12.7. The zero-order valence-corrected chi connectivity index (χ0v) is 12.7. The molecular weight excluding hydrogens is 256 g/mol. The van der Waals surface area contributed by atoms with Gasteiger partial charge in [-0.25, -0.2) is 9.67 Å². The number of aromatic nitrogens is 3. The second-order valence-corrected chi connectivity index (χ2v) is 6.09. The van der Waals surface area contributed by atoms with E-state index in [2.05, 4.69) is 15.4 Å². The molecule has 20 heavy (non-hydrogen) atoms. The van der Waals surface area contributed by atoms with Crippen molar-refractivity contribution in [3.8, 4) is 0 Å². The molecular formula is C14H24N4O2. The van der Waals surface area contributed by atoms with E-state index in [1.54, 1.807) is 0 Å². The Bertz CT molecular complexity index is 497. The highest BCUT2D eigenvalue weighted by atomic mass is 16.4. The first-order valence-corrected chi connectivity index (χ1v) is 7.25. The fraction of sp³-hybridized carbons (Fsp3) is 0.786. The molecule has 1 fully saturated rings. The van der Waals surface area contributed by atoms with Crippen molar-refractivity contribution >= 4 is 5.97 Å². The van der Waals surface area contributed by atoms with Crippen molar-refractivity contribution in [3.63, 3.8) is 0 Å². The third-order valence-corrected chi connectivity index (χ3v) is 3.95. The molecule has 0 aromatic carbocycles. The maximum absolute atomic E-state index is 11.8. The second kappa shape index (κ2) is 5.52. The van der Waals surface area contributed by atoms with Crippen LogP contribution in [0.5, 0.6) is 0 Å². The van der Waals surface area contributed by atoms with Crippen molar-refractivity contribution in [1.29, 1.82) is 0 Å². The lowest BCUT2D eigenvalue weighted by atomic mass is 9.78. The third-order valence-electron chi connectivity index (χ3n) is 3.95. The summed E-state index contributed by atoms with van der Waals surface area (Å²) in [6, 6.07) is 0.246. The quantitative estimate of drug-likeness (QED) is 0.879. The van der Waals surface area contributed by atoms with E-state index in [4.69, 9.17) is 0 Å². The number of carboxylic acid groups (broad SMARTS) is 1. The topological polar surface area (TPSA) is 80.0 Å². The molecule has 0 saturated heterocycles. The first-order chi connectivity index (χ1) is 9.34. The van der Waals surface area contributed by atoms with Crippen LogP contribution < -0.4 is 5.32 Å². The molecule has 2 unspecified atom stereocenters. The monoisotopic (exact) mass is 280 g/mol. The summed E-state index contributed by atoms with van der Waals surface area (Å²) in [6.45, 7) is 7.76. The Labute approximate surface area is 119 Å². The van der Waals surface area contributed by atoms with Crippen LogP contribution in [0.4, 0.5) is 0 Å². The molecule has 6 heteroatoms. The maximum atomic E-state index is 11.8. The summed E-state index contributed by atoms with van der Waals surface area (Å²) >= 11 is 0. The Hall–Kier alpha value is -1.43. The molecule has 0 aliphatic heterocycles. The molecule has 2 N–H and O–H groups in total. The van der Waals surface area contributed by atoms with Gasteiger partial charge in [-0.05, 0) is 53.4 Å². The summed E-state index contributed by atoms with van der Waals surface area (Å²) < 4.78 is 1.90. The molecule has 1 heterocycles. The van der Waals surface area contributed by atoms with Crippen LogP contribution in [0.2, 0.25) is 0 Å². The van der Waals surface area contributed by atoms with E-state index in [-0.39, 0.29) is 12.1 Å². The summed E-state index contributed by atoms with van der Waals surface area (Å²) in [5.74, 6) is 0.842. The van der Waals surface area contributed by atoms with E-state index < -0.39 is 11.5 Å². The lowest BCUT2D eigenvalue weighted by Crippen LogP contribution is -2.57. The van der Waals surface area contributed by atoms with Crippen molar-refractivity contribution in [1.82, 2.24) is 20.1 Å². The Morgan fingerprint density at radius 3 is 2.70 bits per heavy atom. The average Bonchev–Trinajstić information content (AvgIpc) is 2.67. The minimum Gasteiger partial charge on any atom is -0.480 e. The highest BCUT2D eigenvalue weighted by molar-refractivity contribution is 5.79. The molecule has 0 spiro atoms. The van der Waals surface area contributed by atoms with Gasteiger partial charge in [0.25, 0.3) is 0 Å². The van der Waals surface area contributed by atoms with Gasteiger partial charge in [-0.3, -0.25) is 10.1 Å². The molecule has 1 saturated carbocycles. The minimum atomic E-state index is -0.844. The fourth-order valence-electron chi connectivity index (χ4n) is 3.28. The predicted octanol–water partition coefficient (Wildman–Crippen LogP) is 1.83. The van der Waals surface area contributed by atoms with Gasteiger partial charge >= 0.3 is 5.97 Å². The molecule has 0 bridgehead atoms. The first-order valence-electron chi connectivity index (χ1n) is 7.25. The maximum Gasteiger partial charge on any atom is 0.323 e. The smallest absolute Gasteiger partial charge is 0.323 e. The first kappa shape index (κ1) is 15.0. The van der Waals surface area contributed by atoms with Gasteiger partial charge in [-0.15, -0.1) is 0 Å². The Morgan fingerprint density at radius 1 is 1.50 bits per heavy atom. The SMILES string of the molecule is Cc1nc(C)n(C2CCCC(NC(C)C)(C(=O)O)C2)n1. The predicted molar refractivity (Wildman–Crippen MR) is 75.6 cm³/mol. The van der Waals surface area contributed by atoms with Crippen molar-refractivity contribution in [3.05, 3.63) is 11.6 Å². The van der Waals surface area contributed by atoms with Crippen LogP contribution >= 0.6 is 0 Å². The Kier molecular flexibility index (Phi) is 4.13. The van der Waals surface area contributed by atoms with E-state index in [0.717, 1.165) is 24.5 Å². The molecule has 1 aliphatic carbocycles. The zero-order chi connectivity index (χ0) is 14.9. The van der Waals surface area contributed by atoms with E-state index in [1.807, 2.05) is 32.4 Å². The van der Waals surface area contributed by atoms with Crippen LogP contribution in [0.25, 0.3) is 0 Å². The van der Waals surface area contributed by atoms with Crippen molar-refractivity contribution in [2.24, 2.45) is 0 Å². The van der Waals surface area contributed by atoms with Crippen molar-refractivity contribution in [2.45, 2.75) is 71.0 Å². The molecule has 2 atom stereocenters. The minimum absolute atomic E-state index is 0.104. The number of aliphatic carboxylic acids is 1. The highest BCUT2D eigenvalue weighted by Gasteiger charge is 2.44. The van der Waals surface area contributed by atoms with Crippen LogP contribution in [0.1, 0.15) is 57.2 Å². The van der Waals surface area contributed by atoms with Crippen LogP contribution in [0, 0.1) is 13.8 Å². The molecule has 0 radical (unpaired) electrons. The van der Waals surface area contributed by atoms with Crippen molar-refractivity contribution < 1.29 is 9.90 Å². The van der Waals surface area contributed by atoms with Crippen LogP contribution in [-0.4, -0.2) is 37.4 Å². The van der Waals surface area contributed by atoms with Gasteiger partial charge in [0.05, 0.1) is 6.04 Å². The molecule has 1 aromatic rings. The highest BCUT2D eigenvalue weighted by Crippen LogP contribution is 2.36. The van der Waals surface area contributed by atoms with Gasteiger partial charge in [0.1, 0.15) is 17.2 Å². The summed E-state index contributed by atoms with van der Waals surface area (Å²) in [4.78, 5) is 16.1. The third kappa shape index (κ3) is 2.85. The number of hydrogen-bond acceptors (Lipinski definition) is 4. The Morgan fingerprint density at radius 2 is 2.20 bits per heavy atom. The summed E-state index contributed by atoms with van der Waals surface area (Å²) in [6.07, 6.45) is 3.07. The number of hydrogen-bond donors (Lipinski definition) is 2. The van der Waals surface area contributed by atoms with Gasteiger partial charge in [0.2, 0.25) is 0 Å². The van der Waals surface area contributed by atoms with Crippen LogP contribution in [0.3, 0.4) is 0 Å². The second-order valence-electron chi connectivity index (χ2n) is 6.09.